The minimum atomic E-state index is -1.63. The zero-order valence-corrected chi connectivity index (χ0v) is 16.5. The fourth-order valence-electron chi connectivity index (χ4n) is 3.70. The van der Waals surface area contributed by atoms with Crippen LogP contribution in [0, 0.1) is 11.8 Å². The van der Waals surface area contributed by atoms with Crippen LogP contribution < -0.4 is 0 Å². The molecule has 1 aliphatic rings. The largest absolute Gasteiger partial charge is 0.463 e. The minimum Gasteiger partial charge on any atom is -0.463 e. The molecular weight excluding hydrogens is 348 g/mol. The monoisotopic (exact) mass is 376 g/mol. The molecule has 0 saturated heterocycles. The third-order valence-electron chi connectivity index (χ3n) is 4.66. The van der Waals surface area contributed by atoms with Crippen LogP contribution in [0.1, 0.15) is 52.5 Å². The number of hydrogen-bond donors (Lipinski definition) is 1. The summed E-state index contributed by atoms with van der Waals surface area (Å²) in [6.07, 6.45) is -1.10. The smallest absolute Gasteiger partial charge is 0.317 e. The van der Waals surface area contributed by atoms with Gasteiger partial charge in [0.1, 0.15) is 5.92 Å². The van der Waals surface area contributed by atoms with Gasteiger partial charge in [-0.15, -0.1) is 0 Å². The van der Waals surface area contributed by atoms with Crippen LogP contribution in [-0.2, 0) is 23.9 Å². The minimum absolute atomic E-state index is 0.313. The van der Waals surface area contributed by atoms with E-state index in [4.69, 9.17) is 9.47 Å². The lowest BCUT2D eigenvalue weighted by atomic mass is 9.61. The standard InChI is InChI=1S/C21H28O6/c1-12(2)26-19(23)17-15(22)11-21(5,25)18(20(24)27-13(3)4)16(17)14-9-7-6-8-10-14/h6-10,12-13,16-18,25H,11H2,1-5H3/t16-,17-,18+,21-/m1/s1. The molecular formula is C21H28O6. The van der Waals surface area contributed by atoms with Gasteiger partial charge in [0.25, 0.3) is 0 Å². The summed E-state index contributed by atoms with van der Waals surface area (Å²) in [7, 11) is 0. The van der Waals surface area contributed by atoms with Gasteiger partial charge in [-0.25, -0.2) is 0 Å². The molecule has 27 heavy (non-hydrogen) atoms. The summed E-state index contributed by atoms with van der Waals surface area (Å²) in [5, 5.41) is 10.9. The maximum atomic E-state index is 12.9. The van der Waals surface area contributed by atoms with Crippen molar-refractivity contribution < 1.29 is 29.0 Å². The number of ketones is 1. The molecule has 2 rings (SSSR count). The van der Waals surface area contributed by atoms with Crippen molar-refractivity contribution in [1.82, 2.24) is 0 Å². The Morgan fingerprint density at radius 2 is 1.56 bits per heavy atom. The van der Waals surface area contributed by atoms with Crippen LogP contribution in [0.2, 0.25) is 0 Å². The summed E-state index contributed by atoms with van der Waals surface area (Å²) >= 11 is 0. The molecule has 1 aromatic carbocycles. The highest BCUT2D eigenvalue weighted by molar-refractivity contribution is 6.02. The second kappa shape index (κ2) is 8.21. The van der Waals surface area contributed by atoms with Crippen LogP contribution in [0.3, 0.4) is 0 Å². The number of aliphatic hydroxyl groups is 1. The number of esters is 2. The summed E-state index contributed by atoms with van der Waals surface area (Å²) in [5.74, 6) is -4.84. The third-order valence-corrected chi connectivity index (χ3v) is 4.66. The van der Waals surface area contributed by atoms with Crippen LogP contribution in [0.4, 0.5) is 0 Å². The maximum Gasteiger partial charge on any atom is 0.317 e. The molecule has 1 saturated carbocycles. The van der Waals surface area contributed by atoms with Crippen LogP contribution in [0.15, 0.2) is 30.3 Å². The fourth-order valence-corrected chi connectivity index (χ4v) is 3.70. The van der Waals surface area contributed by atoms with E-state index in [0.29, 0.717) is 5.56 Å². The van der Waals surface area contributed by atoms with Crippen LogP contribution >= 0.6 is 0 Å². The number of benzene rings is 1. The molecule has 0 aromatic heterocycles. The van der Waals surface area contributed by atoms with Gasteiger partial charge in [-0.3, -0.25) is 14.4 Å². The Bertz CT molecular complexity index is 684. The molecule has 6 nitrogen and oxygen atoms in total. The second-order valence-electron chi connectivity index (χ2n) is 7.86. The van der Waals surface area contributed by atoms with Gasteiger partial charge in [0.05, 0.1) is 23.7 Å². The Balaban J connectivity index is 2.57. The predicted molar refractivity (Wildman–Crippen MR) is 98.9 cm³/mol. The second-order valence-corrected chi connectivity index (χ2v) is 7.86. The first-order valence-corrected chi connectivity index (χ1v) is 9.25. The predicted octanol–water partition coefficient (Wildman–Crippen LogP) is 2.63. The third kappa shape index (κ3) is 4.75. The molecule has 4 atom stereocenters. The van der Waals surface area contributed by atoms with Crippen molar-refractivity contribution in [3.8, 4) is 0 Å². The Morgan fingerprint density at radius 3 is 2.07 bits per heavy atom. The van der Waals surface area contributed by atoms with Gasteiger partial charge < -0.3 is 14.6 Å². The molecule has 1 aromatic rings. The van der Waals surface area contributed by atoms with Crippen molar-refractivity contribution in [1.29, 1.82) is 0 Å². The number of Topliss-reactive ketones (excluding diaryl/α,β-unsaturated/α-hetero) is 1. The molecule has 0 unspecified atom stereocenters. The molecule has 1 fully saturated rings. The van der Waals surface area contributed by atoms with E-state index >= 15 is 0 Å². The summed E-state index contributed by atoms with van der Waals surface area (Å²) in [5.41, 5.74) is -1.01. The van der Waals surface area contributed by atoms with Gasteiger partial charge in [-0.05, 0) is 40.2 Å². The molecule has 0 heterocycles. The van der Waals surface area contributed by atoms with E-state index in [1.54, 1.807) is 58.0 Å². The number of rotatable bonds is 5. The number of carbonyl (C=O) groups is 3. The molecule has 6 heteroatoms. The van der Waals surface area contributed by atoms with Gasteiger partial charge in [0, 0.05) is 12.3 Å². The summed E-state index contributed by atoms with van der Waals surface area (Å²) < 4.78 is 10.7. The molecule has 0 aliphatic heterocycles. The van der Waals surface area contributed by atoms with E-state index in [-0.39, 0.29) is 12.5 Å². The quantitative estimate of drug-likeness (QED) is 0.628. The van der Waals surface area contributed by atoms with Gasteiger partial charge in [0.15, 0.2) is 5.78 Å². The lowest BCUT2D eigenvalue weighted by Gasteiger charge is -2.44. The Labute approximate surface area is 159 Å². The van der Waals surface area contributed by atoms with Crippen molar-refractivity contribution in [2.24, 2.45) is 11.8 Å². The highest BCUT2D eigenvalue weighted by Crippen LogP contribution is 2.46. The first kappa shape index (κ1) is 21.1. The van der Waals surface area contributed by atoms with E-state index in [0.717, 1.165) is 0 Å². The van der Waals surface area contributed by atoms with Crippen molar-refractivity contribution in [2.45, 2.75) is 64.8 Å². The van der Waals surface area contributed by atoms with E-state index in [2.05, 4.69) is 0 Å². The van der Waals surface area contributed by atoms with Crippen LogP contribution in [-0.4, -0.2) is 40.6 Å². The molecule has 1 aliphatic carbocycles. The topological polar surface area (TPSA) is 89.9 Å². The zero-order chi connectivity index (χ0) is 20.4. The molecule has 0 spiro atoms. The average Bonchev–Trinajstić information content (AvgIpc) is 2.52. The lowest BCUT2D eigenvalue weighted by Crippen LogP contribution is -2.55. The summed E-state index contributed by atoms with van der Waals surface area (Å²) in [6.45, 7) is 8.26. The van der Waals surface area contributed by atoms with Gasteiger partial charge in [-0.1, -0.05) is 30.3 Å². The normalized spacial score (nSPS) is 28.3. The van der Waals surface area contributed by atoms with Crippen LogP contribution in [0.25, 0.3) is 0 Å². The average molecular weight is 376 g/mol. The van der Waals surface area contributed by atoms with Crippen LogP contribution in [0.5, 0.6) is 0 Å². The first-order chi connectivity index (χ1) is 12.5. The SMILES string of the molecule is CC(C)OC(=O)[C@@H]1C(=O)C[C@@](C)(O)[C@H](C(=O)OC(C)C)[C@@H]1c1ccccc1. The number of hydrogen-bond acceptors (Lipinski definition) is 6. The Kier molecular flexibility index (Phi) is 6.42. The Morgan fingerprint density at radius 1 is 1.04 bits per heavy atom. The van der Waals surface area contributed by atoms with Gasteiger partial charge in [-0.2, -0.15) is 0 Å². The molecule has 1 N–H and O–H groups in total. The van der Waals surface area contributed by atoms with Crippen molar-refractivity contribution in [2.75, 3.05) is 0 Å². The fraction of sp³-hybridized carbons (Fsp3) is 0.571. The molecule has 0 amide bonds. The summed E-state index contributed by atoms with van der Waals surface area (Å²) in [4.78, 5) is 38.4. The maximum absolute atomic E-state index is 12.9. The molecule has 0 radical (unpaired) electrons. The zero-order valence-electron chi connectivity index (χ0n) is 16.5. The lowest BCUT2D eigenvalue weighted by molar-refractivity contribution is -0.176. The van der Waals surface area contributed by atoms with Crippen molar-refractivity contribution in [3.05, 3.63) is 35.9 Å². The molecule has 148 valence electrons. The van der Waals surface area contributed by atoms with E-state index in [1.807, 2.05) is 0 Å². The van der Waals surface area contributed by atoms with E-state index in [1.165, 1.54) is 6.92 Å². The number of carbonyl (C=O) groups excluding carboxylic acids is 3. The Hall–Kier alpha value is -2.21. The van der Waals surface area contributed by atoms with Crippen molar-refractivity contribution in [3.63, 3.8) is 0 Å². The van der Waals surface area contributed by atoms with E-state index in [9.17, 15) is 19.5 Å². The van der Waals surface area contributed by atoms with Gasteiger partial charge >= 0.3 is 11.9 Å². The number of ether oxygens (including phenoxy) is 2. The summed E-state index contributed by atoms with van der Waals surface area (Å²) in [6, 6.07) is 8.81. The van der Waals surface area contributed by atoms with Gasteiger partial charge in [0.2, 0.25) is 0 Å². The highest BCUT2D eigenvalue weighted by Gasteiger charge is 2.57. The molecule has 0 bridgehead atoms. The highest BCUT2D eigenvalue weighted by atomic mass is 16.5. The van der Waals surface area contributed by atoms with Crippen molar-refractivity contribution >= 4 is 17.7 Å². The van der Waals surface area contributed by atoms with E-state index < -0.39 is 47.2 Å². The first-order valence-electron chi connectivity index (χ1n) is 9.25.